The van der Waals surface area contributed by atoms with E-state index in [0.29, 0.717) is 6.42 Å². The largest absolute Gasteiger partial charge is 0.382 e. The van der Waals surface area contributed by atoms with Crippen LogP contribution in [0.25, 0.3) is 0 Å². The van der Waals surface area contributed by atoms with Crippen LogP contribution in [0.15, 0.2) is 30.3 Å². The third-order valence-corrected chi connectivity index (χ3v) is 3.44. The molecule has 2 unspecified atom stereocenters. The molecule has 2 rings (SSSR count). The lowest BCUT2D eigenvalue weighted by Gasteiger charge is -2.42. The van der Waals surface area contributed by atoms with E-state index in [0.717, 1.165) is 18.7 Å². The van der Waals surface area contributed by atoms with Crippen LogP contribution in [0.2, 0.25) is 0 Å². The zero-order chi connectivity index (χ0) is 11.6. The van der Waals surface area contributed by atoms with E-state index in [1.54, 1.807) is 7.11 Å². The Morgan fingerprint density at radius 3 is 2.69 bits per heavy atom. The molecule has 1 aliphatic heterocycles. The normalized spacial score (nSPS) is 31.6. The molecule has 0 aliphatic carbocycles. The first-order valence-electron chi connectivity index (χ1n) is 5.66. The topological polar surface area (TPSA) is 32.7 Å². The number of aliphatic hydroxyl groups is 1. The highest BCUT2D eigenvalue weighted by molar-refractivity contribution is 5.25. The molecule has 1 fully saturated rings. The van der Waals surface area contributed by atoms with Crippen molar-refractivity contribution in [2.75, 3.05) is 27.2 Å². The summed E-state index contributed by atoms with van der Waals surface area (Å²) < 4.78 is 5.44. The number of benzene rings is 1. The molecule has 1 saturated heterocycles. The van der Waals surface area contributed by atoms with Gasteiger partial charge in [-0.25, -0.2) is 0 Å². The zero-order valence-electron chi connectivity index (χ0n) is 9.89. The molecular formula is C13H19NO2. The molecule has 1 N–H and O–H groups in total. The fourth-order valence-electron chi connectivity index (χ4n) is 2.37. The molecule has 1 heterocycles. The molecule has 2 atom stereocenters. The van der Waals surface area contributed by atoms with Crippen molar-refractivity contribution in [3.8, 4) is 0 Å². The molecule has 1 aliphatic rings. The Morgan fingerprint density at radius 2 is 2.06 bits per heavy atom. The summed E-state index contributed by atoms with van der Waals surface area (Å²) in [5.41, 5.74) is 0.109. The lowest BCUT2D eigenvalue weighted by molar-refractivity contribution is -0.136. The predicted octanol–water partition coefficient (Wildman–Crippen LogP) is 1.22. The van der Waals surface area contributed by atoms with Gasteiger partial charge in [-0.15, -0.1) is 0 Å². The minimum atomic E-state index is -0.845. The zero-order valence-corrected chi connectivity index (χ0v) is 9.89. The van der Waals surface area contributed by atoms with Gasteiger partial charge in [-0.3, -0.25) is 0 Å². The highest BCUT2D eigenvalue weighted by Gasteiger charge is 2.42. The number of piperidine rings is 1. The van der Waals surface area contributed by atoms with Gasteiger partial charge in [0.2, 0.25) is 0 Å². The van der Waals surface area contributed by atoms with Gasteiger partial charge in [0.15, 0.2) is 0 Å². The number of methoxy groups -OCH3 is 1. The molecule has 3 nitrogen and oxygen atoms in total. The van der Waals surface area contributed by atoms with Crippen LogP contribution in [-0.4, -0.2) is 43.4 Å². The summed E-state index contributed by atoms with van der Waals surface area (Å²) in [5, 5.41) is 10.8. The maximum Gasteiger partial charge on any atom is 0.118 e. The van der Waals surface area contributed by atoms with Gasteiger partial charge < -0.3 is 14.7 Å². The summed E-state index contributed by atoms with van der Waals surface area (Å²) in [6.07, 6.45) is 0.556. The molecule has 0 saturated carbocycles. The van der Waals surface area contributed by atoms with E-state index in [2.05, 4.69) is 11.9 Å². The number of likely N-dealkylation sites (tertiary alicyclic amines) is 1. The Hall–Kier alpha value is -0.900. The molecule has 3 heteroatoms. The molecule has 0 aromatic heterocycles. The number of rotatable bonds is 2. The first-order chi connectivity index (χ1) is 7.66. The summed E-state index contributed by atoms with van der Waals surface area (Å²) in [7, 11) is 3.72. The van der Waals surface area contributed by atoms with Crippen LogP contribution in [0.1, 0.15) is 12.0 Å². The standard InChI is InChI=1S/C13H19NO2/c1-14-9-8-13(15,12(10-14)16-2)11-6-4-3-5-7-11/h3-7,12,15H,8-10H2,1-2H3. The van der Waals surface area contributed by atoms with Gasteiger partial charge in [-0.1, -0.05) is 30.3 Å². The van der Waals surface area contributed by atoms with Crippen molar-refractivity contribution < 1.29 is 9.84 Å². The molecule has 1 aromatic carbocycles. The van der Waals surface area contributed by atoms with Crippen LogP contribution in [0.5, 0.6) is 0 Å². The average Bonchev–Trinajstić information content (AvgIpc) is 2.33. The molecule has 0 spiro atoms. The van der Waals surface area contributed by atoms with Gasteiger partial charge in [0, 0.05) is 20.2 Å². The van der Waals surface area contributed by atoms with Gasteiger partial charge in [-0.2, -0.15) is 0 Å². The van der Waals surface area contributed by atoms with Crippen molar-refractivity contribution in [3.05, 3.63) is 35.9 Å². The molecule has 0 bridgehead atoms. The van der Waals surface area contributed by atoms with Crippen molar-refractivity contribution >= 4 is 0 Å². The number of ether oxygens (including phenoxy) is 1. The third-order valence-electron chi connectivity index (χ3n) is 3.44. The maximum absolute atomic E-state index is 10.8. The van der Waals surface area contributed by atoms with Gasteiger partial charge >= 0.3 is 0 Å². The van der Waals surface area contributed by atoms with Crippen LogP contribution >= 0.6 is 0 Å². The highest BCUT2D eigenvalue weighted by atomic mass is 16.5. The number of hydrogen-bond acceptors (Lipinski definition) is 3. The minimum Gasteiger partial charge on any atom is -0.382 e. The van der Waals surface area contributed by atoms with Crippen molar-refractivity contribution in [1.82, 2.24) is 4.90 Å². The van der Waals surface area contributed by atoms with E-state index in [1.807, 2.05) is 30.3 Å². The van der Waals surface area contributed by atoms with Gasteiger partial charge in [-0.05, 0) is 19.0 Å². The highest BCUT2D eigenvalue weighted by Crippen LogP contribution is 2.33. The van der Waals surface area contributed by atoms with Crippen LogP contribution in [0.4, 0.5) is 0 Å². The Morgan fingerprint density at radius 1 is 1.38 bits per heavy atom. The maximum atomic E-state index is 10.8. The molecule has 0 amide bonds. The van der Waals surface area contributed by atoms with Crippen LogP contribution in [-0.2, 0) is 10.3 Å². The van der Waals surface area contributed by atoms with E-state index in [9.17, 15) is 5.11 Å². The second kappa shape index (κ2) is 4.53. The quantitative estimate of drug-likeness (QED) is 0.815. The smallest absolute Gasteiger partial charge is 0.118 e. The Labute approximate surface area is 96.6 Å². The predicted molar refractivity (Wildman–Crippen MR) is 63.2 cm³/mol. The van der Waals surface area contributed by atoms with Crippen LogP contribution in [0.3, 0.4) is 0 Å². The number of nitrogens with zero attached hydrogens (tertiary/aromatic N) is 1. The fraction of sp³-hybridized carbons (Fsp3) is 0.538. The molecule has 16 heavy (non-hydrogen) atoms. The van der Waals surface area contributed by atoms with Crippen LogP contribution in [0, 0.1) is 0 Å². The summed E-state index contributed by atoms with van der Waals surface area (Å²) in [6.45, 7) is 1.66. The van der Waals surface area contributed by atoms with E-state index in [4.69, 9.17) is 4.74 Å². The third kappa shape index (κ3) is 1.98. The van der Waals surface area contributed by atoms with Crippen LogP contribution < -0.4 is 0 Å². The average molecular weight is 221 g/mol. The van der Waals surface area contributed by atoms with Gasteiger partial charge in [0.25, 0.3) is 0 Å². The van der Waals surface area contributed by atoms with Crippen molar-refractivity contribution in [1.29, 1.82) is 0 Å². The second-order valence-corrected chi connectivity index (χ2v) is 4.53. The molecule has 0 radical (unpaired) electrons. The Kier molecular flexibility index (Phi) is 3.28. The first-order valence-corrected chi connectivity index (χ1v) is 5.66. The Bertz CT molecular complexity index is 341. The van der Waals surface area contributed by atoms with Crippen molar-refractivity contribution in [3.63, 3.8) is 0 Å². The van der Waals surface area contributed by atoms with E-state index in [-0.39, 0.29) is 6.10 Å². The van der Waals surface area contributed by atoms with Gasteiger partial charge in [0.05, 0.1) is 0 Å². The Balaban J connectivity index is 2.29. The van der Waals surface area contributed by atoms with E-state index in [1.165, 1.54) is 0 Å². The first kappa shape index (κ1) is 11.6. The lowest BCUT2D eigenvalue weighted by Crippen LogP contribution is -2.53. The van der Waals surface area contributed by atoms with Crippen molar-refractivity contribution in [2.24, 2.45) is 0 Å². The molecule has 88 valence electrons. The van der Waals surface area contributed by atoms with E-state index >= 15 is 0 Å². The fourth-order valence-corrected chi connectivity index (χ4v) is 2.37. The lowest BCUT2D eigenvalue weighted by atomic mass is 9.82. The monoisotopic (exact) mass is 221 g/mol. The summed E-state index contributed by atoms with van der Waals surface area (Å²) in [6, 6.07) is 9.81. The van der Waals surface area contributed by atoms with Gasteiger partial charge in [0.1, 0.15) is 11.7 Å². The second-order valence-electron chi connectivity index (χ2n) is 4.53. The van der Waals surface area contributed by atoms with Crippen molar-refractivity contribution in [2.45, 2.75) is 18.1 Å². The summed E-state index contributed by atoms with van der Waals surface area (Å²) in [4.78, 5) is 2.19. The molecular weight excluding hydrogens is 202 g/mol. The van der Waals surface area contributed by atoms with E-state index < -0.39 is 5.60 Å². The summed E-state index contributed by atoms with van der Waals surface area (Å²) in [5.74, 6) is 0. The SMILES string of the molecule is COC1CN(C)CCC1(O)c1ccccc1. The minimum absolute atomic E-state index is 0.159. The summed E-state index contributed by atoms with van der Waals surface area (Å²) >= 11 is 0. The number of likely N-dealkylation sites (N-methyl/N-ethyl adjacent to an activating group) is 1. The number of hydrogen-bond donors (Lipinski definition) is 1. The molecule has 1 aromatic rings.